The number of hydrogen-bond donors (Lipinski definition) is 2. The molecular formula is C17H29IN4O3S. The van der Waals surface area contributed by atoms with E-state index in [9.17, 15) is 8.42 Å². The van der Waals surface area contributed by atoms with E-state index >= 15 is 0 Å². The second-order valence-electron chi connectivity index (χ2n) is 5.92. The predicted molar refractivity (Wildman–Crippen MR) is 115 cm³/mol. The van der Waals surface area contributed by atoms with Crippen LogP contribution in [-0.2, 0) is 21.3 Å². The Morgan fingerprint density at radius 3 is 2.54 bits per heavy atom. The van der Waals surface area contributed by atoms with Crippen molar-refractivity contribution < 1.29 is 13.2 Å². The van der Waals surface area contributed by atoms with Gasteiger partial charge in [0.2, 0.25) is 10.0 Å². The van der Waals surface area contributed by atoms with Gasteiger partial charge in [0, 0.05) is 40.3 Å². The standard InChI is InChI=1S/C17H28N4O3S.HI/c1-18-17(19-10-13-24-2)20-14-15-8-4-5-9-16(15)25(22,23)21-11-6-3-7-12-21;/h4-5,8-9H,3,6-7,10-14H2,1-2H3,(H2,18,19,20);1H. The van der Waals surface area contributed by atoms with Crippen LogP contribution in [0, 0.1) is 0 Å². The summed E-state index contributed by atoms with van der Waals surface area (Å²) < 4.78 is 32.5. The van der Waals surface area contributed by atoms with Crippen molar-refractivity contribution in [2.45, 2.75) is 30.7 Å². The second kappa shape index (κ2) is 11.7. The van der Waals surface area contributed by atoms with E-state index in [-0.39, 0.29) is 24.0 Å². The number of methoxy groups -OCH3 is 1. The van der Waals surface area contributed by atoms with Crippen LogP contribution in [0.3, 0.4) is 0 Å². The Hall–Kier alpha value is -0.910. The Bertz CT molecular complexity index is 676. The number of sulfonamides is 1. The highest BCUT2D eigenvalue weighted by molar-refractivity contribution is 14.0. The van der Waals surface area contributed by atoms with E-state index in [1.165, 1.54) is 0 Å². The summed E-state index contributed by atoms with van der Waals surface area (Å²) in [4.78, 5) is 4.51. The van der Waals surface area contributed by atoms with Crippen LogP contribution in [0.15, 0.2) is 34.2 Å². The van der Waals surface area contributed by atoms with E-state index in [0.29, 0.717) is 43.6 Å². The van der Waals surface area contributed by atoms with Crippen LogP contribution in [0.1, 0.15) is 24.8 Å². The zero-order valence-corrected chi connectivity index (χ0v) is 18.5. The number of guanidine groups is 1. The highest BCUT2D eigenvalue weighted by atomic mass is 127. The first kappa shape index (κ1) is 23.1. The normalized spacial score (nSPS) is 16.0. The van der Waals surface area contributed by atoms with Crippen LogP contribution in [0.2, 0.25) is 0 Å². The molecular weight excluding hydrogens is 467 g/mol. The molecule has 1 aliphatic rings. The van der Waals surface area contributed by atoms with Crippen LogP contribution < -0.4 is 10.6 Å². The van der Waals surface area contributed by atoms with Gasteiger partial charge in [0.05, 0.1) is 11.5 Å². The smallest absolute Gasteiger partial charge is 0.243 e. The van der Waals surface area contributed by atoms with Gasteiger partial charge in [-0.05, 0) is 24.5 Å². The molecule has 1 saturated heterocycles. The fourth-order valence-corrected chi connectivity index (χ4v) is 4.56. The summed E-state index contributed by atoms with van der Waals surface area (Å²) in [5.41, 5.74) is 0.739. The molecule has 2 N–H and O–H groups in total. The van der Waals surface area contributed by atoms with E-state index in [1.54, 1.807) is 30.6 Å². The summed E-state index contributed by atoms with van der Waals surface area (Å²) in [5.74, 6) is 0.613. The Morgan fingerprint density at radius 2 is 1.88 bits per heavy atom. The zero-order valence-electron chi connectivity index (χ0n) is 15.4. The topological polar surface area (TPSA) is 83.0 Å². The molecule has 0 unspecified atom stereocenters. The Balaban J connectivity index is 0.00000338. The number of piperidine rings is 1. The van der Waals surface area contributed by atoms with Crippen LogP contribution in [0.4, 0.5) is 0 Å². The van der Waals surface area contributed by atoms with Crippen molar-refractivity contribution in [2.24, 2.45) is 4.99 Å². The van der Waals surface area contributed by atoms with Crippen molar-refractivity contribution in [3.8, 4) is 0 Å². The average Bonchev–Trinajstić information content (AvgIpc) is 2.65. The van der Waals surface area contributed by atoms with Gasteiger partial charge in [0.25, 0.3) is 0 Å². The summed E-state index contributed by atoms with van der Waals surface area (Å²) in [7, 11) is -0.138. The van der Waals surface area contributed by atoms with E-state index in [2.05, 4.69) is 15.6 Å². The number of benzene rings is 1. The summed E-state index contributed by atoms with van der Waals surface area (Å²) in [6, 6.07) is 7.15. The van der Waals surface area contributed by atoms with Crippen LogP contribution in [-0.4, -0.2) is 59.1 Å². The van der Waals surface area contributed by atoms with Crippen molar-refractivity contribution in [1.29, 1.82) is 0 Å². The monoisotopic (exact) mass is 496 g/mol. The number of rotatable bonds is 7. The fourth-order valence-electron chi connectivity index (χ4n) is 2.82. The van der Waals surface area contributed by atoms with Gasteiger partial charge in [-0.3, -0.25) is 4.99 Å². The molecule has 9 heteroatoms. The molecule has 0 spiro atoms. The average molecular weight is 496 g/mol. The van der Waals surface area contributed by atoms with Crippen molar-refractivity contribution in [1.82, 2.24) is 14.9 Å². The third-order valence-electron chi connectivity index (χ3n) is 4.17. The molecule has 0 radical (unpaired) electrons. The van der Waals surface area contributed by atoms with Gasteiger partial charge < -0.3 is 15.4 Å². The third-order valence-corrected chi connectivity index (χ3v) is 6.17. The van der Waals surface area contributed by atoms with E-state index in [0.717, 1.165) is 24.8 Å². The summed E-state index contributed by atoms with van der Waals surface area (Å²) in [6.45, 7) is 2.79. The van der Waals surface area contributed by atoms with Gasteiger partial charge in [0.1, 0.15) is 0 Å². The molecule has 0 amide bonds. The van der Waals surface area contributed by atoms with E-state index in [1.807, 2.05) is 12.1 Å². The molecule has 0 atom stereocenters. The predicted octanol–water partition coefficient (Wildman–Crippen LogP) is 1.79. The molecule has 1 aliphatic heterocycles. The minimum Gasteiger partial charge on any atom is -0.383 e. The molecule has 1 aromatic carbocycles. The SMILES string of the molecule is CN=C(NCCOC)NCc1ccccc1S(=O)(=O)N1CCCCC1.I. The van der Waals surface area contributed by atoms with Gasteiger partial charge >= 0.3 is 0 Å². The summed E-state index contributed by atoms with van der Waals surface area (Å²) in [5, 5.41) is 6.28. The maximum absolute atomic E-state index is 13.0. The van der Waals surface area contributed by atoms with E-state index < -0.39 is 10.0 Å². The lowest BCUT2D eigenvalue weighted by Crippen LogP contribution is -2.39. The molecule has 26 heavy (non-hydrogen) atoms. The number of nitrogens with zero attached hydrogens (tertiary/aromatic N) is 2. The highest BCUT2D eigenvalue weighted by Gasteiger charge is 2.27. The van der Waals surface area contributed by atoms with Crippen molar-refractivity contribution in [3.05, 3.63) is 29.8 Å². The second-order valence-corrected chi connectivity index (χ2v) is 7.82. The van der Waals surface area contributed by atoms with Gasteiger partial charge in [-0.1, -0.05) is 24.6 Å². The van der Waals surface area contributed by atoms with Crippen molar-refractivity contribution in [3.63, 3.8) is 0 Å². The number of halogens is 1. The largest absolute Gasteiger partial charge is 0.383 e. The molecule has 1 fully saturated rings. The Labute approximate surface area is 173 Å². The number of hydrogen-bond acceptors (Lipinski definition) is 4. The molecule has 148 valence electrons. The van der Waals surface area contributed by atoms with Crippen LogP contribution in [0.25, 0.3) is 0 Å². The maximum Gasteiger partial charge on any atom is 0.243 e. The minimum atomic E-state index is -3.46. The highest BCUT2D eigenvalue weighted by Crippen LogP contribution is 2.23. The van der Waals surface area contributed by atoms with Gasteiger partial charge in [0.15, 0.2) is 5.96 Å². The van der Waals surface area contributed by atoms with Gasteiger partial charge in [-0.2, -0.15) is 4.31 Å². The molecule has 1 aromatic rings. The third kappa shape index (κ3) is 6.36. The first-order chi connectivity index (χ1) is 12.1. The minimum absolute atomic E-state index is 0. The van der Waals surface area contributed by atoms with Crippen LogP contribution in [0.5, 0.6) is 0 Å². The molecule has 0 saturated carbocycles. The summed E-state index contributed by atoms with van der Waals surface area (Å²) in [6.07, 6.45) is 2.95. The molecule has 0 aromatic heterocycles. The van der Waals surface area contributed by atoms with Gasteiger partial charge in [-0.15, -0.1) is 24.0 Å². The van der Waals surface area contributed by atoms with Crippen molar-refractivity contribution >= 4 is 40.0 Å². The lowest BCUT2D eigenvalue weighted by atomic mass is 10.2. The maximum atomic E-state index is 13.0. The lowest BCUT2D eigenvalue weighted by molar-refractivity contribution is 0.203. The molecule has 0 bridgehead atoms. The molecule has 7 nitrogen and oxygen atoms in total. The molecule has 2 rings (SSSR count). The molecule has 0 aliphatic carbocycles. The first-order valence-corrected chi connectivity index (χ1v) is 10.0. The summed E-state index contributed by atoms with van der Waals surface area (Å²) >= 11 is 0. The fraction of sp³-hybridized carbons (Fsp3) is 0.588. The van der Waals surface area contributed by atoms with E-state index in [4.69, 9.17) is 4.74 Å². The van der Waals surface area contributed by atoms with Crippen molar-refractivity contribution in [2.75, 3.05) is 40.4 Å². The number of ether oxygens (including phenoxy) is 1. The quantitative estimate of drug-likeness (QED) is 0.260. The lowest BCUT2D eigenvalue weighted by Gasteiger charge is -2.27. The number of nitrogens with one attached hydrogen (secondary N) is 2. The Kier molecular flexibility index (Phi) is 10.4. The first-order valence-electron chi connectivity index (χ1n) is 8.61. The zero-order chi connectivity index (χ0) is 18.1. The Morgan fingerprint density at radius 1 is 1.19 bits per heavy atom. The van der Waals surface area contributed by atoms with Crippen LogP contribution >= 0.6 is 24.0 Å². The van der Waals surface area contributed by atoms with Gasteiger partial charge in [-0.25, -0.2) is 8.42 Å². The molecule has 1 heterocycles. The number of aliphatic imine (C=N–C) groups is 1.